The quantitative estimate of drug-likeness (QED) is 0.790. The van der Waals surface area contributed by atoms with E-state index in [-0.39, 0.29) is 5.91 Å². The smallest absolute Gasteiger partial charge is 0.271 e. The van der Waals surface area contributed by atoms with Crippen molar-refractivity contribution in [3.63, 3.8) is 0 Å². The molecule has 0 radical (unpaired) electrons. The van der Waals surface area contributed by atoms with Gasteiger partial charge < -0.3 is 10.6 Å². The number of rotatable bonds is 7. The van der Waals surface area contributed by atoms with Gasteiger partial charge in [-0.3, -0.25) is 4.79 Å². The van der Waals surface area contributed by atoms with Gasteiger partial charge in [0.15, 0.2) is 0 Å². The Bertz CT molecular complexity index is 426. The second-order valence-electron chi connectivity index (χ2n) is 5.25. The standard InChI is InChI=1S/C14H22N4O/c1-3-7-15-12-9-16-11(8-17-12)13(19)18-10-14(4-2)5-6-14/h8-9H,3-7,10H2,1-2H3,(H,15,17)(H,18,19). The number of nitrogens with zero attached hydrogens (tertiary/aromatic N) is 2. The Morgan fingerprint density at radius 2 is 2.11 bits per heavy atom. The van der Waals surface area contributed by atoms with Crippen LogP contribution in [0.4, 0.5) is 5.82 Å². The lowest BCUT2D eigenvalue weighted by molar-refractivity contribution is 0.0939. The van der Waals surface area contributed by atoms with E-state index < -0.39 is 0 Å². The van der Waals surface area contributed by atoms with Crippen molar-refractivity contribution in [1.29, 1.82) is 0 Å². The van der Waals surface area contributed by atoms with E-state index in [1.54, 1.807) is 6.20 Å². The predicted octanol–water partition coefficient (Wildman–Crippen LogP) is 2.22. The van der Waals surface area contributed by atoms with Crippen LogP contribution in [-0.2, 0) is 0 Å². The zero-order valence-electron chi connectivity index (χ0n) is 11.7. The molecule has 19 heavy (non-hydrogen) atoms. The van der Waals surface area contributed by atoms with Crippen LogP contribution < -0.4 is 10.6 Å². The highest BCUT2D eigenvalue weighted by molar-refractivity contribution is 5.92. The Kier molecular flexibility index (Phi) is 4.35. The Morgan fingerprint density at radius 1 is 1.32 bits per heavy atom. The number of amides is 1. The fourth-order valence-electron chi connectivity index (χ4n) is 1.98. The molecule has 1 saturated carbocycles. The van der Waals surface area contributed by atoms with Gasteiger partial charge in [-0.15, -0.1) is 0 Å². The molecule has 5 heteroatoms. The van der Waals surface area contributed by atoms with Crippen LogP contribution >= 0.6 is 0 Å². The van der Waals surface area contributed by atoms with Gasteiger partial charge in [-0.1, -0.05) is 13.8 Å². The van der Waals surface area contributed by atoms with Crippen molar-refractivity contribution in [2.45, 2.75) is 39.5 Å². The van der Waals surface area contributed by atoms with Gasteiger partial charge in [0.2, 0.25) is 0 Å². The molecule has 0 unspecified atom stereocenters. The summed E-state index contributed by atoms with van der Waals surface area (Å²) in [4.78, 5) is 20.3. The van der Waals surface area contributed by atoms with Crippen molar-refractivity contribution in [2.24, 2.45) is 5.41 Å². The van der Waals surface area contributed by atoms with E-state index in [9.17, 15) is 4.79 Å². The second kappa shape index (κ2) is 5.99. The first-order valence-electron chi connectivity index (χ1n) is 7.03. The molecule has 0 spiro atoms. The molecule has 1 aromatic rings. The summed E-state index contributed by atoms with van der Waals surface area (Å²) in [5, 5.41) is 6.08. The molecule has 1 amide bonds. The summed E-state index contributed by atoms with van der Waals surface area (Å²) in [5.74, 6) is 0.583. The number of hydrogen-bond acceptors (Lipinski definition) is 4. The van der Waals surface area contributed by atoms with Crippen LogP contribution in [0.2, 0.25) is 0 Å². The van der Waals surface area contributed by atoms with Crippen LogP contribution in [0.1, 0.15) is 50.0 Å². The van der Waals surface area contributed by atoms with E-state index in [1.807, 2.05) is 0 Å². The Morgan fingerprint density at radius 3 is 2.63 bits per heavy atom. The van der Waals surface area contributed by atoms with Gasteiger partial charge in [-0.25, -0.2) is 9.97 Å². The van der Waals surface area contributed by atoms with E-state index >= 15 is 0 Å². The van der Waals surface area contributed by atoms with E-state index in [0.29, 0.717) is 16.9 Å². The van der Waals surface area contributed by atoms with Crippen LogP contribution in [0, 0.1) is 5.41 Å². The fraction of sp³-hybridized carbons (Fsp3) is 0.643. The lowest BCUT2D eigenvalue weighted by Gasteiger charge is -2.13. The first-order valence-corrected chi connectivity index (χ1v) is 7.03. The molecule has 1 aliphatic carbocycles. The lowest BCUT2D eigenvalue weighted by atomic mass is 10.0. The van der Waals surface area contributed by atoms with Gasteiger partial charge in [0.25, 0.3) is 5.91 Å². The van der Waals surface area contributed by atoms with Crippen LogP contribution in [0.25, 0.3) is 0 Å². The Hall–Kier alpha value is -1.65. The van der Waals surface area contributed by atoms with E-state index in [1.165, 1.54) is 19.0 Å². The predicted molar refractivity (Wildman–Crippen MR) is 75.1 cm³/mol. The molecule has 0 atom stereocenters. The summed E-state index contributed by atoms with van der Waals surface area (Å²) < 4.78 is 0. The Labute approximate surface area is 114 Å². The highest BCUT2D eigenvalue weighted by atomic mass is 16.1. The van der Waals surface area contributed by atoms with Crippen LogP contribution in [0.3, 0.4) is 0 Å². The molecule has 5 nitrogen and oxygen atoms in total. The lowest BCUT2D eigenvalue weighted by Crippen LogP contribution is -2.30. The van der Waals surface area contributed by atoms with Crippen molar-refractivity contribution < 1.29 is 4.79 Å². The van der Waals surface area contributed by atoms with Crippen LogP contribution in [-0.4, -0.2) is 29.0 Å². The fourth-order valence-corrected chi connectivity index (χ4v) is 1.98. The van der Waals surface area contributed by atoms with Gasteiger partial charge >= 0.3 is 0 Å². The average Bonchev–Trinajstić information content (AvgIpc) is 3.24. The van der Waals surface area contributed by atoms with E-state index in [0.717, 1.165) is 25.9 Å². The second-order valence-corrected chi connectivity index (χ2v) is 5.25. The summed E-state index contributed by atoms with van der Waals surface area (Å²) in [6, 6.07) is 0. The zero-order valence-corrected chi connectivity index (χ0v) is 11.7. The first-order chi connectivity index (χ1) is 9.19. The van der Waals surface area contributed by atoms with Gasteiger partial charge in [-0.2, -0.15) is 0 Å². The minimum Gasteiger partial charge on any atom is -0.369 e. The minimum atomic E-state index is -0.130. The number of nitrogens with one attached hydrogen (secondary N) is 2. The largest absolute Gasteiger partial charge is 0.369 e. The van der Waals surface area contributed by atoms with Crippen LogP contribution in [0.5, 0.6) is 0 Å². The molecule has 0 aliphatic heterocycles. The maximum atomic E-state index is 11.9. The number of carbonyl (C=O) groups excluding carboxylic acids is 1. The molecule has 1 fully saturated rings. The zero-order chi connectivity index (χ0) is 13.7. The topological polar surface area (TPSA) is 66.9 Å². The van der Waals surface area contributed by atoms with Crippen molar-refractivity contribution in [3.05, 3.63) is 18.1 Å². The number of carbonyl (C=O) groups is 1. The third-order valence-corrected chi connectivity index (χ3v) is 3.77. The Balaban J connectivity index is 1.85. The minimum absolute atomic E-state index is 0.130. The molecule has 1 heterocycles. The summed E-state index contributed by atoms with van der Waals surface area (Å²) in [5.41, 5.74) is 0.736. The SMILES string of the molecule is CCCNc1cnc(C(=O)NCC2(CC)CC2)cn1. The molecule has 0 aromatic carbocycles. The molecule has 0 bridgehead atoms. The van der Waals surface area contributed by atoms with Crippen molar-refractivity contribution in [1.82, 2.24) is 15.3 Å². The van der Waals surface area contributed by atoms with E-state index in [2.05, 4.69) is 34.4 Å². The summed E-state index contributed by atoms with van der Waals surface area (Å²) in [7, 11) is 0. The maximum Gasteiger partial charge on any atom is 0.271 e. The summed E-state index contributed by atoms with van der Waals surface area (Å²) in [6.07, 6.45) is 7.72. The normalized spacial score (nSPS) is 15.9. The number of hydrogen-bond donors (Lipinski definition) is 2. The van der Waals surface area contributed by atoms with Crippen molar-refractivity contribution in [2.75, 3.05) is 18.4 Å². The molecular formula is C14H22N4O. The molecule has 1 aliphatic rings. The average molecular weight is 262 g/mol. The monoisotopic (exact) mass is 262 g/mol. The highest BCUT2D eigenvalue weighted by Crippen LogP contribution is 2.47. The highest BCUT2D eigenvalue weighted by Gasteiger charge is 2.40. The van der Waals surface area contributed by atoms with Crippen molar-refractivity contribution >= 4 is 11.7 Å². The van der Waals surface area contributed by atoms with Crippen molar-refractivity contribution in [3.8, 4) is 0 Å². The van der Waals surface area contributed by atoms with Crippen LogP contribution in [0.15, 0.2) is 12.4 Å². The number of aromatic nitrogens is 2. The molecule has 104 valence electrons. The molecule has 2 N–H and O–H groups in total. The molecule has 1 aromatic heterocycles. The maximum absolute atomic E-state index is 11.9. The van der Waals surface area contributed by atoms with Gasteiger partial charge in [-0.05, 0) is 31.1 Å². The summed E-state index contributed by atoms with van der Waals surface area (Å²) in [6.45, 7) is 5.87. The third kappa shape index (κ3) is 3.66. The van der Waals surface area contributed by atoms with Gasteiger partial charge in [0.05, 0.1) is 12.4 Å². The molecular weight excluding hydrogens is 240 g/mol. The van der Waals surface area contributed by atoms with Gasteiger partial charge in [0.1, 0.15) is 11.5 Å². The molecule has 2 rings (SSSR count). The van der Waals surface area contributed by atoms with Gasteiger partial charge in [0, 0.05) is 13.1 Å². The van der Waals surface area contributed by atoms with E-state index in [4.69, 9.17) is 0 Å². The third-order valence-electron chi connectivity index (χ3n) is 3.77. The first kappa shape index (κ1) is 13.8. The molecule has 0 saturated heterocycles. The summed E-state index contributed by atoms with van der Waals surface area (Å²) >= 11 is 0. The number of anilines is 1.